The number of nitrogen functional groups attached to an aromatic ring is 1. The molecule has 2 rings (SSSR count). The highest BCUT2D eigenvalue weighted by Crippen LogP contribution is 2.28. The molecule has 0 aliphatic heterocycles. The minimum Gasteiger partial charge on any atom is -0.398 e. The van der Waals surface area contributed by atoms with Gasteiger partial charge < -0.3 is 5.73 Å². The van der Waals surface area contributed by atoms with Gasteiger partial charge in [0, 0.05) is 0 Å². The molecule has 0 aliphatic rings. The maximum Gasteiger partial charge on any atom is 0.261 e. The van der Waals surface area contributed by atoms with E-state index in [0.717, 1.165) is 0 Å². The number of nitrogens with two attached hydrogens (primary N) is 1. The zero-order valence-corrected chi connectivity index (χ0v) is 13.0. The fourth-order valence-corrected chi connectivity index (χ4v) is 3.07. The zero-order valence-electron chi connectivity index (χ0n) is 9.90. The van der Waals surface area contributed by atoms with Crippen molar-refractivity contribution >= 4 is 56.2 Å². The van der Waals surface area contributed by atoms with Crippen LogP contribution in [-0.2, 0) is 10.0 Å². The van der Waals surface area contributed by atoms with Crippen LogP contribution in [0, 0.1) is 0 Å². The summed E-state index contributed by atoms with van der Waals surface area (Å²) in [4.78, 5) is 0.00257. The minimum atomic E-state index is -3.77. The molecule has 2 aromatic carbocycles. The van der Waals surface area contributed by atoms with Crippen molar-refractivity contribution in [1.82, 2.24) is 0 Å². The van der Waals surface area contributed by atoms with Crippen molar-refractivity contribution in [2.24, 2.45) is 0 Å². The van der Waals surface area contributed by atoms with Crippen molar-refractivity contribution in [3.05, 3.63) is 51.5 Å². The van der Waals surface area contributed by atoms with E-state index in [1.165, 1.54) is 36.4 Å². The molecule has 106 valence electrons. The van der Waals surface area contributed by atoms with Gasteiger partial charge in [-0.3, -0.25) is 4.72 Å². The van der Waals surface area contributed by atoms with E-state index in [1.807, 2.05) is 0 Å². The van der Waals surface area contributed by atoms with E-state index in [4.69, 9.17) is 40.5 Å². The van der Waals surface area contributed by atoms with Crippen LogP contribution in [0.1, 0.15) is 0 Å². The van der Waals surface area contributed by atoms with E-state index < -0.39 is 10.0 Å². The molecule has 0 saturated heterocycles. The summed E-state index contributed by atoms with van der Waals surface area (Å²) in [5.74, 6) is 0. The number of nitrogens with one attached hydrogen (secondary N) is 1. The molecule has 0 aliphatic carbocycles. The molecule has 0 bridgehead atoms. The molecule has 20 heavy (non-hydrogen) atoms. The van der Waals surface area contributed by atoms with E-state index in [1.54, 1.807) is 0 Å². The fraction of sp³-hybridized carbons (Fsp3) is 0. The van der Waals surface area contributed by atoms with Crippen molar-refractivity contribution in [3.8, 4) is 0 Å². The number of halogens is 3. The number of rotatable bonds is 3. The number of hydrogen-bond acceptors (Lipinski definition) is 3. The maximum absolute atomic E-state index is 12.2. The summed E-state index contributed by atoms with van der Waals surface area (Å²) in [5.41, 5.74) is 6.15. The summed E-state index contributed by atoms with van der Waals surface area (Å²) in [7, 11) is -3.77. The predicted octanol–water partition coefficient (Wildman–Crippen LogP) is 4.03. The molecule has 0 heterocycles. The first-order valence-corrected chi connectivity index (χ1v) is 7.94. The highest BCUT2D eigenvalue weighted by atomic mass is 35.5. The van der Waals surface area contributed by atoms with Gasteiger partial charge in [-0.2, -0.15) is 0 Å². The molecular weight excluding hydrogens is 343 g/mol. The Morgan fingerprint density at radius 3 is 2.20 bits per heavy atom. The van der Waals surface area contributed by atoms with Crippen molar-refractivity contribution in [1.29, 1.82) is 0 Å². The second-order valence-electron chi connectivity index (χ2n) is 3.92. The van der Waals surface area contributed by atoms with Gasteiger partial charge in [0.2, 0.25) is 0 Å². The van der Waals surface area contributed by atoms with Gasteiger partial charge in [-0.15, -0.1) is 0 Å². The lowest BCUT2D eigenvalue weighted by Gasteiger charge is -2.09. The van der Waals surface area contributed by atoms with Gasteiger partial charge in [0.15, 0.2) is 0 Å². The van der Waals surface area contributed by atoms with Crippen LogP contribution in [0.2, 0.25) is 15.1 Å². The van der Waals surface area contributed by atoms with E-state index in [-0.39, 0.29) is 14.9 Å². The summed E-state index contributed by atoms with van der Waals surface area (Å²) in [6, 6.07) is 8.48. The average molecular weight is 352 g/mol. The van der Waals surface area contributed by atoms with Crippen molar-refractivity contribution in [2.75, 3.05) is 10.5 Å². The van der Waals surface area contributed by atoms with Crippen molar-refractivity contribution < 1.29 is 8.42 Å². The van der Waals surface area contributed by atoms with Crippen LogP contribution < -0.4 is 10.5 Å². The summed E-state index contributed by atoms with van der Waals surface area (Å²) < 4.78 is 26.7. The molecule has 0 fully saturated rings. The van der Waals surface area contributed by atoms with Crippen LogP contribution in [0.4, 0.5) is 11.4 Å². The number of sulfonamides is 1. The quantitative estimate of drug-likeness (QED) is 0.820. The third-order valence-electron chi connectivity index (χ3n) is 2.45. The van der Waals surface area contributed by atoms with Gasteiger partial charge in [0.1, 0.15) is 0 Å². The molecule has 8 heteroatoms. The third-order valence-corrected chi connectivity index (χ3v) is 4.90. The molecule has 0 saturated carbocycles. The van der Waals surface area contributed by atoms with Crippen LogP contribution in [0.5, 0.6) is 0 Å². The molecule has 0 aromatic heterocycles. The van der Waals surface area contributed by atoms with Gasteiger partial charge in [0.05, 0.1) is 31.3 Å². The normalized spacial score (nSPS) is 11.3. The predicted molar refractivity (Wildman–Crippen MR) is 83.1 cm³/mol. The molecule has 2 aromatic rings. The van der Waals surface area contributed by atoms with Crippen LogP contribution >= 0.6 is 34.8 Å². The van der Waals surface area contributed by atoms with E-state index in [9.17, 15) is 8.42 Å². The van der Waals surface area contributed by atoms with E-state index >= 15 is 0 Å². The van der Waals surface area contributed by atoms with Gasteiger partial charge >= 0.3 is 0 Å². The van der Waals surface area contributed by atoms with Crippen LogP contribution in [0.3, 0.4) is 0 Å². The average Bonchev–Trinajstić information content (AvgIpc) is 2.37. The SMILES string of the molecule is Nc1ccc(S(=O)(=O)Nc2ccc(Cl)c(Cl)c2)cc1Cl. The Bertz CT molecular complexity index is 763. The van der Waals surface area contributed by atoms with Crippen LogP contribution in [0.25, 0.3) is 0 Å². The number of anilines is 2. The number of benzene rings is 2. The Morgan fingerprint density at radius 2 is 1.60 bits per heavy atom. The van der Waals surface area contributed by atoms with Gasteiger partial charge in [0.25, 0.3) is 10.0 Å². The number of hydrogen-bond donors (Lipinski definition) is 2. The summed E-state index contributed by atoms with van der Waals surface area (Å²) in [6.07, 6.45) is 0. The summed E-state index contributed by atoms with van der Waals surface area (Å²) in [6.45, 7) is 0. The lowest BCUT2D eigenvalue weighted by atomic mass is 10.3. The molecule has 0 radical (unpaired) electrons. The van der Waals surface area contributed by atoms with E-state index in [2.05, 4.69) is 4.72 Å². The van der Waals surface area contributed by atoms with E-state index in [0.29, 0.717) is 16.4 Å². The molecule has 0 amide bonds. The second kappa shape index (κ2) is 5.69. The second-order valence-corrected chi connectivity index (χ2v) is 6.82. The lowest BCUT2D eigenvalue weighted by molar-refractivity contribution is 0.601. The third kappa shape index (κ3) is 3.30. The highest BCUT2D eigenvalue weighted by molar-refractivity contribution is 7.92. The smallest absolute Gasteiger partial charge is 0.261 e. The lowest BCUT2D eigenvalue weighted by Crippen LogP contribution is -2.13. The van der Waals surface area contributed by atoms with Gasteiger partial charge in [-0.05, 0) is 36.4 Å². The highest BCUT2D eigenvalue weighted by Gasteiger charge is 2.16. The summed E-state index contributed by atoms with van der Waals surface area (Å²) in [5, 5.41) is 0.759. The van der Waals surface area contributed by atoms with Gasteiger partial charge in [-0.1, -0.05) is 34.8 Å². The Labute approximate surface area is 131 Å². The Morgan fingerprint density at radius 1 is 0.900 bits per heavy atom. The molecule has 0 atom stereocenters. The largest absolute Gasteiger partial charge is 0.398 e. The van der Waals surface area contributed by atoms with Crippen LogP contribution in [-0.4, -0.2) is 8.42 Å². The first-order chi connectivity index (χ1) is 9.29. The van der Waals surface area contributed by atoms with Crippen molar-refractivity contribution in [2.45, 2.75) is 4.90 Å². The maximum atomic E-state index is 12.2. The van der Waals surface area contributed by atoms with Gasteiger partial charge in [-0.25, -0.2) is 8.42 Å². The molecule has 4 nitrogen and oxygen atoms in total. The summed E-state index contributed by atoms with van der Waals surface area (Å²) >= 11 is 17.4. The molecule has 0 unspecified atom stereocenters. The minimum absolute atomic E-state index is 0.00257. The first-order valence-electron chi connectivity index (χ1n) is 5.32. The fourth-order valence-electron chi connectivity index (χ4n) is 1.45. The molecule has 3 N–H and O–H groups in total. The van der Waals surface area contributed by atoms with Crippen molar-refractivity contribution in [3.63, 3.8) is 0 Å². The first kappa shape index (κ1) is 15.3. The molecule has 0 spiro atoms. The zero-order chi connectivity index (χ0) is 14.9. The molecular formula is C12H9Cl3N2O2S. The topological polar surface area (TPSA) is 72.2 Å². The standard InChI is InChI=1S/C12H9Cl3N2O2S/c13-9-3-1-7(5-10(9)14)17-20(18,19)8-2-4-12(16)11(15)6-8/h1-6,17H,16H2. The Balaban J connectivity index is 2.35. The van der Waals surface area contributed by atoms with Crippen LogP contribution in [0.15, 0.2) is 41.3 Å². The Hall–Kier alpha value is -1.14. The Kier molecular flexibility index (Phi) is 4.34. The monoisotopic (exact) mass is 350 g/mol.